The molecule has 0 amide bonds. The summed E-state index contributed by atoms with van der Waals surface area (Å²) in [5, 5.41) is 17.9. The Labute approximate surface area is 151 Å². The number of ether oxygens (including phenoxy) is 1. The van der Waals surface area contributed by atoms with Gasteiger partial charge in [-0.25, -0.2) is 4.68 Å². The van der Waals surface area contributed by atoms with Crippen molar-refractivity contribution >= 4 is 22.5 Å². The Kier molecular flexibility index (Phi) is 5.12. The summed E-state index contributed by atoms with van der Waals surface area (Å²) >= 11 is 5.90. The first kappa shape index (κ1) is 18.6. The quantitative estimate of drug-likeness (QED) is 0.678. The van der Waals surface area contributed by atoms with Crippen LogP contribution in [-0.4, -0.2) is 31.7 Å². The van der Waals surface area contributed by atoms with Crippen molar-refractivity contribution in [1.29, 1.82) is 0 Å². The second-order valence-electron chi connectivity index (χ2n) is 5.47. The zero-order chi connectivity index (χ0) is 18.9. The molecule has 0 saturated carbocycles. The Morgan fingerprint density at radius 1 is 1.31 bits per heavy atom. The first-order valence-electron chi connectivity index (χ1n) is 7.64. The third-order valence-corrected chi connectivity index (χ3v) is 3.84. The molecule has 26 heavy (non-hydrogen) atoms. The van der Waals surface area contributed by atoms with Gasteiger partial charge in [0.05, 0.1) is 17.1 Å². The average molecular weight is 387 g/mol. The lowest BCUT2D eigenvalue weighted by Crippen LogP contribution is -2.19. The highest BCUT2D eigenvalue weighted by Crippen LogP contribution is 2.34. The normalized spacial score (nSPS) is 13.3. The van der Waals surface area contributed by atoms with Gasteiger partial charge < -0.3 is 9.84 Å². The molecule has 138 valence electrons. The number of hydrogen-bond acceptors (Lipinski definition) is 5. The van der Waals surface area contributed by atoms with Gasteiger partial charge in [-0.15, -0.1) is 5.10 Å². The molecule has 0 aliphatic rings. The molecule has 1 unspecified atom stereocenters. The highest BCUT2D eigenvalue weighted by Gasteiger charge is 2.41. The minimum Gasteiger partial charge on any atom is -0.363 e. The lowest BCUT2D eigenvalue weighted by atomic mass is 10.1. The number of pyridine rings is 1. The van der Waals surface area contributed by atoms with Crippen LogP contribution in [0.25, 0.3) is 10.9 Å². The van der Waals surface area contributed by atoms with Gasteiger partial charge in [0.2, 0.25) is 6.29 Å². The minimum atomic E-state index is -4.75. The number of halogens is 4. The van der Waals surface area contributed by atoms with Crippen LogP contribution < -0.4 is 0 Å². The van der Waals surface area contributed by atoms with E-state index in [1.807, 2.05) is 0 Å². The molecule has 0 aliphatic heterocycles. The van der Waals surface area contributed by atoms with Crippen molar-refractivity contribution in [1.82, 2.24) is 20.0 Å². The Balaban J connectivity index is 1.99. The highest BCUT2D eigenvalue weighted by molar-refractivity contribution is 6.31. The van der Waals surface area contributed by atoms with Crippen LogP contribution in [0.2, 0.25) is 5.02 Å². The number of rotatable bonds is 5. The molecular formula is C16H14ClF3N4O2. The molecule has 0 fully saturated rings. The van der Waals surface area contributed by atoms with E-state index >= 15 is 0 Å². The number of fused-ring (bicyclic) bond motifs is 1. The number of nitrogens with zero attached hydrogens (tertiary/aromatic N) is 4. The summed E-state index contributed by atoms with van der Waals surface area (Å²) in [5.74, 6) is 0. The van der Waals surface area contributed by atoms with E-state index in [1.54, 1.807) is 31.2 Å². The van der Waals surface area contributed by atoms with E-state index in [0.717, 1.165) is 0 Å². The van der Waals surface area contributed by atoms with Crippen molar-refractivity contribution in [2.75, 3.05) is 6.61 Å². The summed E-state index contributed by atoms with van der Waals surface area (Å²) in [6, 6.07) is 6.67. The third-order valence-electron chi connectivity index (χ3n) is 3.63. The van der Waals surface area contributed by atoms with Crippen LogP contribution in [0.4, 0.5) is 13.2 Å². The Morgan fingerprint density at radius 2 is 2.08 bits per heavy atom. The second kappa shape index (κ2) is 7.18. The Morgan fingerprint density at radius 3 is 2.77 bits per heavy atom. The van der Waals surface area contributed by atoms with Crippen molar-refractivity contribution in [2.24, 2.45) is 0 Å². The summed E-state index contributed by atoms with van der Waals surface area (Å²) in [6.45, 7) is 1.39. The van der Waals surface area contributed by atoms with Gasteiger partial charge in [0.15, 0.2) is 11.4 Å². The van der Waals surface area contributed by atoms with Crippen molar-refractivity contribution in [3.05, 3.63) is 52.4 Å². The van der Waals surface area contributed by atoms with Gasteiger partial charge in [-0.2, -0.15) is 13.2 Å². The number of aliphatic hydroxyl groups excluding tert-OH is 1. The van der Waals surface area contributed by atoms with E-state index in [9.17, 15) is 18.3 Å². The van der Waals surface area contributed by atoms with Crippen LogP contribution >= 0.6 is 11.6 Å². The molecule has 3 aromatic rings. The lowest BCUT2D eigenvalue weighted by molar-refractivity contribution is -0.152. The number of alkyl halides is 3. The summed E-state index contributed by atoms with van der Waals surface area (Å²) in [6.07, 6.45) is -5.06. The summed E-state index contributed by atoms with van der Waals surface area (Å²) in [5.41, 5.74) is -0.595. The van der Waals surface area contributed by atoms with Gasteiger partial charge in [-0.1, -0.05) is 22.9 Å². The van der Waals surface area contributed by atoms with Crippen LogP contribution in [0, 0.1) is 0 Å². The minimum absolute atomic E-state index is 0.0315. The molecule has 1 N–H and O–H groups in total. The molecule has 6 nitrogen and oxygen atoms in total. The predicted molar refractivity (Wildman–Crippen MR) is 87.5 cm³/mol. The molecule has 3 rings (SSSR count). The van der Waals surface area contributed by atoms with Gasteiger partial charge in [-0.3, -0.25) is 4.98 Å². The van der Waals surface area contributed by atoms with Crippen molar-refractivity contribution in [2.45, 2.75) is 25.9 Å². The molecular weight excluding hydrogens is 373 g/mol. The van der Waals surface area contributed by atoms with E-state index in [4.69, 9.17) is 16.3 Å². The summed E-state index contributed by atoms with van der Waals surface area (Å²) in [7, 11) is 0. The molecule has 2 heterocycles. The largest absolute Gasteiger partial charge is 0.435 e. The number of benzene rings is 1. The Bertz CT molecular complexity index is 929. The van der Waals surface area contributed by atoms with E-state index < -0.39 is 23.9 Å². The van der Waals surface area contributed by atoms with E-state index in [2.05, 4.69) is 15.3 Å². The fraction of sp³-hybridized carbons (Fsp3) is 0.312. The number of hydrogen-bond donors (Lipinski definition) is 1. The van der Waals surface area contributed by atoms with Gasteiger partial charge in [-0.05, 0) is 30.7 Å². The SMILES string of the molecule is CCOC(O)c1nnn(Cc2ccc3ncc(Cl)cc3c2)c1C(F)(F)F. The smallest absolute Gasteiger partial charge is 0.363 e. The average Bonchev–Trinajstić information content (AvgIpc) is 2.98. The molecule has 2 aromatic heterocycles. The molecule has 0 saturated heterocycles. The zero-order valence-electron chi connectivity index (χ0n) is 13.5. The fourth-order valence-electron chi connectivity index (χ4n) is 2.56. The fourth-order valence-corrected chi connectivity index (χ4v) is 2.72. The molecule has 0 bridgehead atoms. The van der Waals surface area contributed by atoms with Gasteiger partial charge >= 0.3 is 6.18 Å². The maximum Gasteiger partial charge on any atom is 0.435 e. The molecule has 10 heteroatoms. The second-order valence-corrected chi connectivity index (χ2v) is 5.90. The van der Waals surface area contributed by atoms with Gasteiger partial charge in [0.1, 0.15) is 0 Å². The molecule has 0 radical (unpaired) electrons. The number of aromatic nitrogens is 4. The molecule has 0 spiro atoms. The van der Waals surface area contributed by atoms with Crippen LogP contribution in [0.3, 0.4) is 0 Å². The van der Waals surface area contributed by atoms with Crippen molar-refractivity contribution in [3.63, 3.8) is 0 Å². The van der Waals surface area contributed by atoms with Crippen LogP contribution in [0.1, 0.15) is 30.2 Å². The van der Waals surface area contributed by atoms with Crippen LogP contribution in [-0.2, 0) is 17.5 Å². The first-order chi connectivity index (χ1) is 12.3. The van der Waals surface area contributed by atoms with Crippen LogP contribution in [0.5, 0.6) is 0 Å². The third kappa shape index (κ3) is 3.79. The monoisotopic (exact) mass is 386 g/mol. The molecule has 0 aliphatic carbocycles. The van der Waals surface area contributed by atoms with E-state index in [0.29, 0.717) is 26.2 Å². The van der Waals surface area contributed by atoms with E-state index in [-0.39, 0.29) is 13.2 Å². The number of aliphatic hydroxyl groups is 1. The van der Waals surface area contributed by atoms with Crippen LogP contribution in [0.15, 0.2) is 30.5 Å². The topological polar surface area (TPSA) is 73.1 Å². The first-order valence-corrected chi connectivity index (χ1v) is 8.02. The van der Waals surface area contributed by atoms with Crippen molar-refractivity contribution in [3.8, 4) is 0 Å². The Hall–Kier alpha value is -2.23. The maximum atomic E-state index is 13.5. The van der Waals surface area contributed by atoms with E-state index in [1.165, 1.54) is 6.20 Å². The highest BCUT2D eigenvalue weighted by atomic mass is 35.5. The zero-order valence-corrected chi connectivity index (χ0v) is 14.3. The van der Waals surface area contributed by atoms with Gasteiger partial charge in [0.25, 0.3) is 0 Å². The summed E-state index contributed by atoms with van der Waals surface area (Å²) in [4.78, 5) is 4.14. The van der Waals surface area contributed by atoms with Gasteiger partial charge in [0, 0.05) is 18.2 Å². The molecule has 1 atom stereocenters. The maximum absolute atomic E-state index is 13.5. The summed E-state index contributed by atoms with van der Waals surface area (Å²) < 4.78 is 45.9. The molecule has 1 aromatic carbocycles. The van der Waals surface area contributed by atoms with Crippen molar-refractivity contribution < 1.29 is 23.0 Å². The standard InChI is InChI=1S/C16H14ClF3N4O2/c1-2-26-15(25)13-14(16(18,19)20)24(23-22-13)8-9-3-4-12-10(5-9)6-11(17)7-21-12/h3-7,15,25H,2,8H2,1H3. The predicted octanol–water partition coefficient (Wildman–Crippen LogP) is 3.57. The lowest BCUT2D eigenvalue weighted by Gasteiger charge is -2.14.